The van der Waals surface area contributed by atoms with E-state index in [0.29, 0.717) is 5.82 Å². The standard InChI is InChI=1S/C10H16BrN5O/c1-3-4-16(6-8(17)13-2)9-7(11)5-14-10(12)15-9/h5H,3-4,6H2,1-2H3,(H,13,17)(H2,12,14,15). The lowest BCUT2D eigenvalue weighted by Gasteiger charge is -2.23. The maximum Gasteiger partial charge on any atom is 0.239 e. The maximum absolute atomic E-state index is 11.4. The third-order valence-corrected chi connectivity index (χ3v) is 2.71. The number of carbonyl (C=O) groups excluding carboxylic acids is 1. The van der Waals surface area contributed by atoms with Crippen LogP contribution in [-0.4, -0.2) is 36.0 Å². The number of likely N-dealkylation sites (N-methyl/N-ethyl adjacent to an activating group) is 1. The average molecular weight is 302 g/mol. The molecule has 0 aliphatic carbocycles. The Morgan fingerprint density at radius 3 is 2.94 bits per heavy atom. The minimum atomic E-state index is -0.0671. The Hall–Kier alpha value is -1.37. The second-order valence-electron chi connectivity index (χ2n) is 3.49. The molecule has 0 aliphatic heterocycles. The number of nitrogens with two attached hydrogens (primary N) is 1. The minimum absolute atomic E-state index is 0.0671. The van der Waals surface area contributed by atoms with Crippen molar-refractivity contribution in [2.24, 2.45) is 0 Å². The lowest BCUT2D eigenvalue weighted by atomic mass is 10.3. The van der Waals surface area contributed by atoms with Gasteiger partial charge in [-0.1, -0.05) is 6.92 Å². The number of hydrogen-bond acceptors (Lipinski definition) is 5. The summed E-state index contributed by atoms with van der Waals surface area (Å²) in [7, 11) is 1.61. The van der Waals surface area contributed by atoms with E-state index in [-0.39, 0.29) is 18.4 Å². The van der Waals surface area contributed by atoms with E-state index in [0.717, 1.165) is 17.4 Å². The molecule has 1 heterocycles. The summed E-state index contributed by atoms with van der Waals surface area (Å²) < 4.78 is 0.726. The Morgan fingerprint density at radius 2 is 2.35 bits per heavy atom. The zero-order valence-corrected chi connectivity index (χ0v) is 11.5. The van der Waals surface area contributed by atoms with Gasteiger partial charge in [0.25, 0.3) is 0 Å². The molecule has 0 radical (unpaired) electrons. The van der Waals surface area contributed by atoms with Crippen molar-refractivity contribution in [3.05, 3.63) is 10.7 Å². The highest BCUT2D eigenvalue weighted by atomic mass is 79.9. The van der Waals surface area contributed by atoms with Gasteiger partial charge in [-0.2, -0.15) is 4.98 Å². The molecule has 0 bridgehead atoms. The van der Waals surface area contributed by atoms with Gasteiger partial charge in [-0.25, -0.2) is 4.98 Å². The van der Waals surface area contributed by atoms with Gasteiger partial charge in [-0.3, -0.25) is 4.79 Å². The predicted molar refractivity (Wildman–Crippen MR) is 70.7 cm³/mol. The number of nitrogens with zero attached hydrogens (tertiary/aromatic N) is 3. The van der Waals surface area contributed by atoms with Crippen LogP contribution in [0.5, 0.6) is 0 Å². The molecule has 6 nitrogen and oxygen atoms in total. The molecule has 0 aromatic carbocycles. The van der Waals surface area contributed by atoms with Gasteiger partial charge in [0.15, 0.2) is 0 Å². The summed E-state index contributed by atoms with van der Waals surface area (Å²) in [4.78, 5) is 21.3. The molecule has 0 fully saturated rings. The molecule has 94 valence electrons. The molecule has 1 aromatic rings. The molecular formula is C10H16BrN5O. The monoisotopic (exact) mass is 301 g/mol. The molecule has 0 atom stereocenters. The van der Waals surface area contributed by atoms with E-state index in [4.69, 9.17) is 5.73 Å². The van der Waals surface area contributed by atoms with E-state index >= 15 is 0 Å². The quantitative estimate of drug-likeness (QED) is 0.840. The van der Waals surface area contributed by atoms with Crippen molar-refractivity contribution in [3.8, 4) is 0 Å². The minimum Gasteiger partial charge on any atom is -0.368 e. The SMILES string of the molecule is CCCN(CC(=O)NC)c1nc(N)ncc1Br. The number of rotatable bonds is 5. The van der Waals surface area contributed by atoms with Crippen LogP contribution < -0.4 is 16.0 Å². The molecule has 17 heavy (non-hydrogen) atoms. The van der Waals surface area contributed by atoms with Gasteiger partial charge >= 0.3 is 0 Å². The molecule has 0 saturated heterocycles. The molecular weight excluding hydrogens is 286 g/mol. The highest BCUT2D eigenvalue weighted by Crippen LogP contribution is 2.23. The molecule has 7 heteroatoms. The second-order valence-corrected chi connectivity index (χ2v) is 4.35. The molecule has 0 aliphatic rings. The van der Waals surface area contributed by atoms with Crippen LogP contribution in [0, 0.1) is 0 Å². The number of amides is 1. The fourth-order valence-corrected chi connectivity index (χ4v) is 1.82. The molecule has 1 aromatic heterocycles. The van der Waals surface area contributed by atoms with Crippen LogP contribution in [0.1, 0.15) is 13.3 Å². The van der Waals surface area contributed by atoms with Crippen molar-refractivity contribution in [2.45, 2.75) is 13.3 Å². The Balaban J connectivity index is 2.95. The molecule has 0 unspecified atom stereocenters. The maximum atomic E-state index is 11.4. The van der Waals surface area contributed by atoms with E-state index < -0.39 is 0 Å². The average Bonchev–Trinajstić information content (AvgIpc) is 2.31. The molecule has 0 spiro atoms. The van der Waals surface area contributed by atoms with Crippen molar-refractivity contribution < 1.29 is 4.79 Å². The summed E-state index contributed by atoms with van der Waals surface area (Å²) in [6.45, 7) is 3.01. The summed E-state index contributed by atoms with van der Waals surface area (Å²) in [6, 6.07) is 0. The number of hydrogen-bond donors (Lipinski definition) is 2. The van der Waals surface area contributed by atoms with Crippen LogP contribution >= 0.6 is 15.9 Å². The largest absolute Gasteiger partial charge is 0.368 e. The first-order valence-corrected chi connectivity index (χ1v) is 6.11. The topological polar surface area (TPSA) is 84.1 Å². The van der Waals surface area contributed by atoms with Crippen LogP contribution in [0.15, 0.2) is 10.7 Å². The van der Waals surface area contributed by atoms with Crippen LogP contribution in [0.25, 0.3) is 0 Å². The predicted octanol–water partition coefficient (Wildman–Crippen LogP) is 0.784. The van der Waals surface area contributed by atoms with E-state index in [9.17, 15) is 4.79 Å². The van der Waals surface area contributed by atoms with E-state index in [1.807, 2.05) is 11.8 Å². The first-order valence-electron chi connectivity index (χ1n) is 5.32. The van der Waals surface area contributed by atoms with Crippen molar-refractivity contribution >= 4 is 33.6 Å². The van der Waals surface area contributed by atoms with Crippen LogP contribution in [0.4, 0.5) is 11.8 Å². The second kappa shape index (κ2) is 6.39. The normalized spacial score (nSPS) is 10.1. The van der Waals surface area contributed by atoms with Gasteiger partial charge in [-0.05, 0) is 22.4 Å². The number of nitrogen functional groups attached to an aromatic ring is 1. The highest BCUT2D eigenvalue weighted by molar-refractivity contribution is 9.10. The Morgan fingerprint density at radius 1 is 1.65 bits per heavy atom. The Kier molecular flexibility index (Phi) is 5.14. The number of aromatic nitrogens is 2. The smallest absolute Gasteiger partial charge is 0.239 e. The van der Waals surface area contributed by atoms with Crippen molar-refractivity contribution in [1.29, 1.82) is 0 Å². The van der Waals surface area contributed by atoms with E-state index in [1.165, 1.54) is 0 Å². The fourth-order valence-electron chi connectivity index (χ4n) is 1.38. The van der Waals surface area contributed by atoms with Gasteiger partial charge in [0.1, 0.15) is 5.82 Å². The van der Waals surface area contributed by atoms with E-state index in [2.05, 4.69) is 31.2 Å². The first-order chi connectivity index (χ1) is 8.08. The highest BCUT2D eigenvalue weighted by Gasteiger charge is 2.15. The molecule has 0 saturated carbocycles. The van der Waals surface area contributed by atoms with Crippen molar-refractivity contribution in [2.75, 3.05) is 30.8 Å². The summed E-state index contributed by atoms with van der Waals surface area (Å²) in [5.74, 6) is 0.770. The first kappa shape index (κ1) is 13.7. The summed E-state index contributed by atoms with van der Waals surface area (Å²) in [5.41, 5.74) is 5.55. The van der Waals surface area contributed by atoms with Gasteiger partial charge in [-0.15, -0.1) is 0 Å². The summed E-state index contributed by atoms with van der Waals surface area (Å²) in [5, 5.41) is 2.59. The zero-order valence-electron chi connectivity index (χ0n) is 9.90. The van der Waals surface area contributed by atoms with Crippen molar-refractivity contribution in [1.82, 2.24) is 15.3 Å². The molecule has 1 rings (SSSR count). The van der Waals surface area contributed by atoms with Gasteiger partial charge in [0.05, 0.1) is 11.0 Å². The Bertz CT molecular complexity index is 398. The van der Waals surface area contributed by atoms with Gasteiger partial charge in [0, 0.05) is 19.8 Å². The fraction of sp³-hybridized carbons (Fsp3) is 0.500. The number of halogens is 1. The number of carbonyl (C=O) groups is 1. The van der Waals surface area contributed by atoms with E-state index in [1.54, 1.807) is 13.2 Å². The number of nitrogens with one attached hydrogen (secondary N) is 1. The Labute approximate surface area is 109 Å². The van der Waals surface area contributed by atoms with Gasteiger partial charge in [0.2, 0.25) is 11.9 Å². The van der Waals surface area contributed by atoms with Crippen LogP contribution in [-0.2, 0) is 4.79 Å². The third-order valence-electron chi connectivity index (χ3n) is 2.15. The summed E-state index contributed by atoms with van der Waals surface area (Å²) in [6.07, 6.45) is 2.50. The molecule has 3 N–H and O–H groups in total. The zero-order chi connectivity index (χ0) is 12.8. The van der Waals surface area contributed by atoms with Crippen LogP contribution in [0.3, 0.4) is 0 Å². The van der Waals surface area contributed by atoms with Crippen molar-refractivity contribution in [3.63, 3.8) is 0 Å². The summed E-state index contributed by atoms with van der Waals surface area (Å²) >= 11 is 3.36. The van der Waals surface area contributed by atoms with Gasteiger partial charge < -0.3 is 16.0 Å². The lowest BCUT2D eigenvalue weighted by Crippen LogP contribution is -2.37. The molecule has 1 amide bonds. The third kappa shape index (κ3) is 3.85. The van der Waals surface area contributed by atoms with Crippen LogP contribution in [0.2, 0.25) is 0 Å². The number of anilines is 2. The lowest BCUT2D eigenvalue weighted by molar-refractivity contribution is -0.119.